The van der Waals surface area contributed by atoms with Crippen molar-refractivity contribution in [3.63, 3.8) is 0 Å². The molecule has 3 N–H and O–H groups in total. The molecule has 0 bridgehead atoms. The minimum absolute atomic E-state index is 0.0495. The van der Waals surface area contributed by atoms with Crippen LogP contribution in [-0.2, 0) is 10.0 Å². The van der Waals surface area contributed by atoms with Crippen LogP contribution >= 0.6 is 15.9 Å². The summed E-state index contributed by atoms with van der Waals surface area (Å²) in [5.41, 5.74) is 2.79. The Morgan fingerprint density at radius 2 is 1.88 bits per heavy atom. The normalized spacial score (nSPS) is 25.0. The number of rotatable bonds is 2. The predicted molar refractivity (Wildman–Crippen MR) is 98.3 cm³/mol. The minimum atomic E-state index is -3.78. The van der Waals surface area contributed by atoms with E-state index in [1.165, 1.54) is 0 Å². The molecule has 4 nitrogen and oxygen atoms in total. The highest BCUT2D eigenvalue weighted by Crippen LogP contribution is 2.51. The summed E-state index contributed by atoms with van der Waals surface area (Å²) >= 11 is 3.46. The van der Waals surface area contributed by atoms with Gasteiger partial charge in [0.25, 0.3) is 0 Å². The fourth-order valence-corrected chi connectivity index (χ4v) is 4.82. The molecule has 0 radical (unpaired) electrons. The molecule has 0 saturated heterocycles. The van der Waals surface area contributed by atoms with E-state index in [0.717, 1.165) is 22.0 Å². The first kappa shape index (κ1) is 15.9. The molecule has 3 unspecified atom stereocenters. The summed E-state index contributed by atoms with van der Waals surface area (Å²) in [7, 11) is -3.78. The van der Waals surface area contributed by atoms with Gasteiger partial charge < -0.3 is 5.32 Å². The lowest BCUT2D eigenvalue weighted by Gasteiger charge is -2.38. The second-order valence-electron chi connectivity index (χ2n) is 6.29. The number of hydrogen-bond donors (Lipinski definition) is 2. The van der Waals surface area contributed by atoms with Crippen LogP contribution in [0.25, 0.3) is 0 Å². The molecule has 124 valence electrons. The average molecular weight is 405 g/mol. The Bertz CT molecular complexity index is 923. The van der Waals surface area contributed by atoms with Gasteiger partial charge in [-0.2, -0.15) is 0 Å². The molecule has 0 amide bonds. The van der Waals surface area contributed by atoms with E-state index < -0.39 is 10.0 Å². The molecule has 2 aliphatic rings. The van der Waals surface area contributed by atoms with Gasteiger partial charge in [-0.15, -0.1) is 0 Å². The first-order valence-electron chi connectivity index (χ1n) is 7.79. The topological polar surface area (TPSA) is 72.2 Å². The van der Waals surface area contributed by atoms with Gasteiger partial charge in [0.05, 0.1) is 11.7 Å². The second kappa shape index (κ2) is 5.72. The number of allylic oxidation sites excluding steroid dienone is 2. The number of nitrogens with one attached hydrogen (secondary N) is 1. The number of nitrogens with two attached hydrogens (primary N) is 1. The van der Waals surface area contributed by atoms with E-state index in [1.807, 2.05) is 18.2 Å². The van der Waals surface area contributed by atoms with Crippen LogP contribution in [0.1, 0.15) is 29.5 Å². The molecule has 2 aromatic carbocycles. The molecule has 1 aliphatic carbocycles. The largest absolute Gasteiger partial charge is 0.377 e. The third-order valence-electron chi connectivity index (χ3n) is 4.89. The van der Waals surface area contributed by atoms with Crippen molar-refractivity contribution in [2.45, 2.75) is 23.3 Å². The number of fused-ring (bicyclic) bond motifs is 3. The molecular weight excluding hydrogens is 388 g/mol. The Balaban J connectivity index is 1.87. The molecule has 0 aromatic heterocycles. The van der Waals surface area contributed by atoms with Gasteiger partial charge in [-0.3, -0.25) is 0 Å². The highest BCUT2D eigenvalue weighted by molar-refractivity contribution is 9.10. The molecule has 1 aliphatic heterocycles. The van der Waals surface area contributed by atoms with Crippen LogP contribution in [0, 0.1) is 5.92 Å². The van der Waals surface area contributed by atoms with Gasteiger partial charge in [0.2, 0.25) is 10.0 Å². The van der Waals surface area contributed by atoms with Gasteiger partial charge in [-0.05, 0) is 41.7 Å². The van der Waals surface area contributed by atoms with E-state index in [1.54, 1.807) is 12.1 Å². The minimum Gasteiger partial charge on any atom is -0.377 e. The Morgan fingerprint density at radius 3 is 2.58 bits per heavy atom. The van der Waals surface area contributed by atoms with Gasteiger partial charge in [0, 0.05) is 10.4 Å². The predicted octanol–water partition coefficient (Wildman–Crippen LogP) is 3.92. The van der Waals surface area contributed by atoms with E-state index in [2.05, 4.69) is 45.5 Å². The van der Waals surface area contributed by atoms with E-state index in [9.17, 15) is 8.42 Å². The Kier molecular flexibility index (Phi) is 3.78. The van der Waals surface area contributed by atoms with Crippen LogP contribution in [-0.4, -0.2) is 8.42 Å². The van der Waals surface area contributed by atoms with Crippen molar-refractivity contribution in [2.75, 3.05) is 5.32 Å². The lowest BCUT2D eigenvalue weighted by atomic mass is 9.77. The van der Waals surface area contributed by atoms with Crippen molar-refractivity contribution in [3.05, 3.63) is 70.2 Å². The van der Waals surface area contributed by atoms with Crippen molar-refractivity contribution < 1.29 is 8.42 Å². The van der Waals surface area contributed by atoms with Crippen LogP contribution in [0.2, 0.25) is 0 Å². The molecule has 0 saturated carbocycles. The van der Waals surface area contributed by atoms with E-state index in [-0.39, 0.29) is 16.9 Å². The van der Waals surface area contributed by atoms with E-state index in [0.29, 0.717) is 11.6 Å². The summed E-state index contributed by atoms with van der Waals surface area (Å²) in [5, 5.41) is 8.89. The first-order chi connectivity index (χ1) is 11.4. The molecule has 3 atom stereocenters. The van der Waals surface area contributed by atoms with E-state index >= 15 is 0 Å². The maximum absolute atomic E-state index is 12.0. The van der Waals surface area contributed by atoms with Gasteiger partial charge >= 0.3 is 0 Å². The summed E-state index contributed by atoms with van der Waals surface area (Å²) in [5.74, 6) is 0.575. The maximum Gasteiger partial charge on any atom is 0.240 e. The highest BCUT2D eigenvalue weighted by atomic mass is 79.9. The fraction of sp³-hybridized carbons (Fsp3) is 0.222. The molecular formula is C18H17BrN2O2S. The average Bonchev–Trinajstić information content (AvgIpc) is 3.03. The summed E-state index contributed by atoms with van der Waals surface area (Å²) in [6.45, 7) is 0. The first-order valence-corrected chi connectivity index (χ1v) is 10.1. The Labute approximate surface area is 149 Å². The smallest absolute Gasteiger partial charge is 0.240 e. The zero-order chi connectivity index (χ0) is 16.9. The molecule has 1 heterocycles. The highest BCUT2D eigenvalue weighted by Gasteiger charge is 2.39. The molecule has 2 aromatic rings. The molecule has 0 fully saturated rings. The van der Waals surface area contributed by atoms with Crippen molar-refractivity contribution in [2.24, 2.45) is 11.1 Å². The standard InChI is InChI=1S/C18H17BrN2O2S/c19-12-9-7-11(8-10-12)17-14-4-1-3-13(14)15-5-2-6-16(18(15)21-17)24(20,22)23/h1-3,5-10,13-14,17,21H,4H2,(H2,20,22,23). The number of primary sulfonamides is 1. The van der Waals surface area contributed by atoms with Gasteiger partial charge in [0.15, 0.2) is 0 Å². The van der Waals surface area contributed by atoms with Crippen LogP contribution in [0.3, 0.4) is 0 Å². The molecule has 4 rings (SSSR count). The maximum atomic E-state index is 12.0. The number of para-hydroxylation sites is 1. The SMILES string of the molecule is NS(=O)(=O)c1cccc2c1NC(c1ccc(Br)cc1)C1CC=CC21. The summed E-state index contributed by atoms with van der Waals surface area (Å²) in [4.78, 5) is 0.167. The van der Waals surface area contributed by atoms with Crippen LogP contribution in [0.15, 0.2) is 64.0 Å². The van der Waals surface area contributed by atoms with Crippen LogP contribution < -0.4 is 10.5 Å². The number of benzene rings is 2. The number of sulfonamides is 1. The van der Waals surface area contributed by atoms with Crippen molar-refractivity contribution in [1.82, 2.24) is 0 Å². The lowest BCUT2D eigenvalue weighted by Crippen LogP contribution is -2.30. The second-order valence-corrected chi connectivity index (χ2v) is 8.74. The summed E-state index contributed by atoms with van der Waals surface area (Å²) in [6, 6.07) is 13.5. The van der Waals surface area contributed by atoms with Crippen molar-refractivity contribution >= 4 is 31.6 Å². The Morgan fingerprint density at radius 1 is 1.12 bits per heavy atom. The lowest BCUT2D eigenvalue weighted by molar-refractivity contribution is 0.424. The monoisotopic (exact) mass is 404 g/mol. The number of anilines is 1. The van der Waals surface area contributed by atoms with Gasteiger partial charge in [0.1, 0.15) is 4.90 Å². The van der Waals surface area contributed by atoms with Crippen molar-refractivity contribution in [1.29, 1.82) is 0 Å². The van der Waals surface area contributed by atoms with Crippen LogP contribution in [0.5, 0.6) is 0 Å². The molecule has 24 heavy (non-hydrogen) atoms. The quantitative estimate of drug-likeness (QED) is 0.744. The summed E-state index contributed by atoms with van der Waals surface area (Å²) in [6.07, 6.45) is 5.34. The third kappa shape index (κ3) is 2.59. The number of hydrogen-bond acceptors (Lipinski definition) is 3. The third-order valence-corrected chi connectivity index (χ3v) is 6.38. The van der Waals surface area contributed by atoms with Gasteiger partial charge in [-0.1, -0.05) is 52.3 Å². The number of halogens is 1. The van der Waals surface area contributed by atoms with E-state index in [4.69, 9.17) is 5.14 Å². The Hall–Kier alpha value is -1.63. The zero-order valence-electron chi connectivity index (χ0n) is 12.8. The van der Waals surface area contributed by atoms with Gasteiger partial charge in [-0.25, -0.2) is 13.6 Å². The van der Waals surface area contributed by atoms with Crippen LogP contribution in [0.4, 0.5) is 5.69 Å². The summed E-state index contributed by atoms with van der Waals surface area (Å²) < 4.78 is 25.0. The molecule has 0 spiro atoms. The zero-order valence-corrected chi connectivity index (χ0v) is 15.2. The fourth-order valence-electron chi connectivity index (χ4n) is 3.83. The van der Waals surface area contributed by atoms with Crippen molar-refractivity contribution in [3.8, 4) is 0 Å². The molecule has 6 heteroatoms.